The quantitative estimate of drug-likeness (QED) is 0.128. The van der Waals surface area contributed by atoms with Crippen molar-refractivity contribution in [2.75, 3.05) is 6.26 Å². The van der Waals surface area contributed by atoms with Crippen molar-refractivity contribution < 1.29 is 32.2 Å². The molecule has 2 aliphatic carbocycles. The Balaban J connectivity index is 1.51. The van der Waals surface area contributed by atoms with Crippen LogP contribution in [-0.4, -0.2) is 57.1 Å². The van der Waals surface area contributed by atoms with Crippen molar-refractivity contribution >= 4 is 38.1 Å². The van der Waals surface area contributed by atoms with E-state index in [0.717, 1.165) is 37.2 Å². The summed E-state index contributed by atoms with van der Waals surface area (Å²) in [6, 6.07) is 10.2. The number of carbonyl (C=O) groups excluding carboxylic acids is 1. The Labute approximate surface area is 314 Å². The lowest BCUT2D eigenvalue weighted by molar-refractivity contribution is -0.119. The van der Waals surface area contributed by atoms with Gasteiger partial charge in [-0.2, -0.15) is 5.10 Å². The molecule has 2 heterocycles. The maximum Gasteiger partial charge on any atom is 0.153 e. The molecule has 280 valence electrons. The largest absolute Gasteiger partial charge is 0.393 e. The minimum Gasteiger partial charge on any atom is -0.393 e. The van der Waals surface area contributed by atoms with Crippen LogP contribution in [0, 0.1) is 35.3 Å². The normalized spacial score (nSPS) is 19.6. The highest BCUT2D eigenvalue weighted by atomic mass is 35.5. The molecule has 1 fully saturated rings. The summed E-state index contributed by atoms with van der Waals surface area (Å²) in [5.41, 5.74) is 4.04. The summed E-state index contributed by atoms with van der Waals surface area (Å²) in [6.45, 7) is 5.15. The fourth-order valence-electron chi connectivity index (χ4n) is 8.17. The van der Waals surface area contributed by atoms with Gasteiger partial charge in [-0.15, -0.1) is 0 Å². The molecule has 4 atom stereocenters. The number of aryl methyl sites for hydroxylation is 1. The van der Waals surface area contributed by atoms with Crippen molar-refractivity contribution in [3.8, 4) is 23.0 Å². The van der Waals surface area contributed by atoms with Gasteiger partial charge in [-0.1, -0.05) is 34.7 Å². The Bertz CT molecular complexity index is 2280. The second kappa shape index (κ2) is 15.1. The van der Waals surface area contributed by atoms with Crippen LogP contribution in [0.1, 0.15) is 87.9 Å². The third-order valence-electron chi connectivity index (χ3n) is 10.3. The minimum absolute atomic E-state index is 0.0152. The number of hydrogen-bond donors (Lipinski definition) is 2. The first-order valence-electron chi connectivity index (χ1n) is 17.8. The monoisotopic (exact) mass is 763 g/mol. The van der Waals surface area contributed by atoms with Crippen LogP contribution in [0.2, 0.25) is 5.02 Å². The molecule has 0 radical (unpaired) electrons. The average molecular weight is 764 g/mol. The average Bonchev–Trinajstić information content (AvgIpc) is 3.53. The molecular formula is C41H44ClF2N3O5S. The lowest BCUT2D eigenvalue weighted by Crippen LogP contribution is -2.26. The highest BCUT2D eigenvalue weighted by molar-refractivity contribution is 7.89. The number of pyridine rings is 1. The van der Waals surface area contributed by atoms with Crippen LogP contribution in [0.4, 0.5) is 8.78 Å². The maximum absolute atomic E-state index is 14.6. The number of Topliss-reactive ketones (excluding diaryl/α,β-unsaturated/α-hetero) is 1. The zero-order valence-corrected chi connectivity index (χ0v) is 32.1. The van der Waals surface area contributed by atoms with Crippen molar-refractivity contribution in [3.05, 3.63) is 92.9 Å². The van der Waals surface area contributed by atoms with Crippen LogP contribution < -0.4 is 0 Å². The van der Waals surface area contributed by atoms with Gasteiger partial charge in [0.05, 0.1) is 33.8 Å². The molecule has 0 aliphatic heterocycles. The fourth-order valence-corrected chi connectivity index (χ4v) is 9.13. The molecule has 8 nitrogen and oxygen atoms in total. The molecule has 2 aromatic heterocycles. The smallest absolute Gasteiger partial charge is 0.153 e. The molecular weight excluding hydrogens is 720 g/mol. The third kappa shape index (κ3) is 9.06. The van der Waals surface area contributed by atoms with Crippen molar-refractivity contribution in [2.24, 2.45) is 18.9 Å². The van der Waals surface area contributed by atoms with E-state index >= 15 is 0 Å². The Morgan fingerprint density at radius 2 is 1.81 bits per heavy atom. The molecule has 0 amide bonds. The van der Waals surface area contributed by atoms with E-state index in [9.17, 15) is 32.2 Å². The van der Waals surface area contributed by atoms with E-state index in [2.05, 4.69) is 23.9 Å². The number of fused-ring (bicyclic) bond motifs is 2. The number of sulfone groups is 1. The molecule has 53 heavy (non-hydrogen) atoms. The van der Waals surface area contributed by atoms with E-state index in [0.29, 0.717) is 56.3 Å². The van der Waals surface area contributed by atoms with Gasteiger partial charge in [0.15, 0.2) is 9.84 Å². The van der Waals surface area contributed by atoms with E-state index in [1.165, 1.54) is 17.7 Å². The summed E-state index contributed by atoms with van der Waals surface area (Å²) in [5.74, 6) is 3.68. The molecule has 4 aromatic rings. The molecule has 2 N–H and O–H groups in total. The molecule has 0 bridgehead atoms. The molecule has 2 aliphatic rings. The van der Waals surface area contributed by atoms with Crippen molar-refractivity contribution in [2.45, 2.75) is 89.1 Å². The lowest BCUT2D eigenvalue weighted by atomic mass is 9.76. The molecule has 3 unspecified atom stereocenters. The van der Waals surface area contributed by atoms with Gasteiger partial charge in [0.2, 0.25) is 0 Å². The van der Waals surface area contributed by atoms with E-state index < -0.39 is 39.1 Å². The number of halogens is 3. The van der Waals surface area contributed by atoms with Gasteiger partial charge in [-0.3, -0.25) is 9.48 Å². The number of benzene rings is 2. The van der Waals surface area contributed by atoms with Gasteiger partial charge in [0, 0.05) is 54.6 Å². The van der Waals surface area contributed by atoms with Crippen LogP contribution in [0.5, 0.6) is 0 Å². The Morgan fingerprint density at radius 3 is 2.49 bits per heavy atom. The molecule has 2 aromatic carbocycles. The number of allylic oxidation sites excluding steroid dienone is 2. The van der Waals surface area contributed by atoms with Crippen LogP contribution in [0.25, 0.3) is 22.0 Å². The van der Waals surface area contributed by atoms with Crippen molar-refractivity contribution in [1.82, 2.24) is 14.8 Å². The Hall–Kier alpha value is -3.95. The second-order valence-electron chi connectivity index (χ2n) is 15.3. The highest BCUT2D eigenvalue weighted by Crippen LogP contribution is 2.47. The molecule has 6 rings (SSSR count). The third-order valence-corrected chi connectivity index (χ3v) is 11.4. The van der Waals surface area contributed by atoms with Crippen molar-refractivity contribution in [3.63, 3.8) is 0 Å². The van der Waals surface area contributed by atoms with Crippen LogP contribution >= 0.6 is 11.6 Å². The Kier molecular flexibility index (Phi) is 11.0. The van der Waals surface area contributed by atoms with Crippen LogP contribution in [-0.2, 0) is 33.9 Å². The number of aliphatic hydroxyl groups excluding tert-OH is 1. The number of hydrogen-bond acceptors (Lipinski definition) is 7. The highest BCUT2D eigenvalue weighted by Gasteiger charge is 2.38. The zero-order valence-electron chi connectivity index (χ0n) is 30.5. The van der Waals surface area contributed by atoms with E-state index in [4.69, 9.17) is 16.6 Å². The number of ketones is 1. The van der Waals surface area contributed by atoms with Crippen LogP contribution in [0.3, 0.4) is 0 Å². The van der Waals surface area contributed by atoms with Gasteiger partial charge in [-0.05, 0) is 107 Å². The first-order valence-corrected chi connectivity index (χ1v) is 20.2. The summed E-state index contributed by atoms with van der Waals surface area (Å²) in [4.78, 5) is 19.2. The van der Waals surface area contributed by atoms with Crippen LogP contribution in [0.15, 0.2) is 53.6 Å². The molecule has 1 saturated carbocycles. The predicted octanol–water partition coefficient (Wildman–Crippen LogP) is 7.41. The van der Waals surface area contributed by atoms with E-state index in [1.807, 2.05) is 0 Å². The van der Waals surface area contributed by atoms with Gasteiger partial charge in [0.25, 0.3) is 0 Å². The summed E-state index contributed by atoms with van der Waals surface area (Å²) in [6.07, 6.45) is 4.17. The topological polar surface area (TPSA) is 122 Å². The summed E-state index contributed by atoms with van der Waals surface area (Å²) >= 11 is 6.69. The van der Waals surface area contributed by atoms with Gasteiger partial charge in [0.1, 0.15) is 28.7 Å². The number of rotatable bonds is 10. The van der Waals surface area contributed by atoms with Gasteiger partial charge < -0.3 is 10.2 Å². The summed E-state index contributed by atoms with van der Waals surface area (Å²) < 4.78 is 55.5. The Morgan fingerprint density at radius 1 is 1.11 bits per heavy atom. The molecule has 0 spiro atoms. The second-order valence-corrected chi connectivity index (χ2v) is 17.9. The number of nitrogens with zero attached hydrogens (tertiary/aromatic N) is 3. The summed E-state index contributed by atoms with van der Waals surface area (Å²) in [5, 5.41) is 26.1. The SMILES string of the molecule is CC1=C(CC(=O)C[C@@H](Cc2cc(F)cc(F)c2)c2nc(C#CC(C)(C)O)ccc2-c2ccc(Cl)c3c(CS(C)(=O)=O)nn(C)c23)C2CC(O)CCC2C1. The lowest BCUT2D eigenvalue weighted by Gasteiger charge is -2.31. The summed E-state index contributed by atoms with van der Waals surface area (Å²) in [7, 11) is -1.79. The minimum atomic E-state index is -3.47. The van der Waals surface area contributed by atoms with Crippen molar-refractivity contribution in [1.29, 1.82) is 0 Å². The number of aromatic nitrogens is 3. The first-order chi connectivity index (χ1) is 24.8. The zero-order chi connectivity index (χ0) is 38.4. The first kappa shape index (κ1) is 38.8. The van der Waals surface area contributed by atoms with E-state index in [1.54, 1.807) is 49.8 Å². The standard InChI is InChI=1S/C41H44ClF2N3O5S/c1-23-14-25-6-8-30(48)20-35(25)34(23)21-31(49)18-26(15-24-16-27(43)19-28(44)17-24)39-32(9-7-29(45-39)12-13-41(2,3)50)33-10-11-36(42)38-37(22-53(5,51)52)46-47(4)40(33)38/h7,9-11,16-17,19,25-26,30,35,48,50H,6,8,14-15,18,20-22H2,1-5H3/t25?,26-,30?,35?/m1/s1. The molecule has 0 saturated heterocycles. The number of aliphatic hydroxyl groups is 2. The number of carbonyl (C=O) groups is 1. The molecule has 12 heteroatoms. The fraction of sp³-hybridized carbons (Fsp3) is 0.439. The van der Waals surface area contributed by atoms with Gasteiger partial charge >= 0.3 is 0 Å². The maximum atomic E-state index is 14.6. The van der Waals surface area contributed by atoms with E-state index in [-0.39, 0.29) is 42.4 Å². The predicted molar refractivity (Wildman–Crippen MR) is 202 cm³/mol. The van der Waals surface area contributed by atoms with Gasteiger partial charge in [-0.25, -0.2) is 22.2 Å².